The minimum atomic E-state index is -0.321. The van der Waals surface area contributed by atoms with Gasteiger partial charge in [-0.3, -0.25) is 23.9 Å². The molecule has 49 heavy (non-hydrogen) atoms. The predicted octanol–water partition coefficient (Wildman–Crippen LogP) is 2.61. The quantitative estimate of drug-likeness (QED) is 0.314. The van der Waals surface area contributed by atoms with E-state index in [1.54, 1.807) is 32.9 Å². The number of aryl methyl sites for hydroxylation is 2. The third kappa shape index (κ3) is 8.02. The molecule has 1 atom stereocenters. The standard InChI is InChI=1S/C35H41N9O4S/c1-3-26-31(49-34(40-26)32-36-15-8-16-37-32)35(48)43-18-7-11-29(46)44(19-14-23-9-5-4-6-10-23)22-28(45)39-24-12-13-27-25(21-24)30(41-42(27)2)33(47)38-17-20-43/h4-6,8-10,15-16,24H,3,7,11-14,17-22H2,1-2H3,(H,38,47)(H,39,45). The van der Waals surface area contributed by atoms with Crippen LogP contribution in [0.3, 0.4) is 0 Å². The molecule has 4 amide bonds. The van der Waals surface area contributed by atoms with Gasteiger partial charge in [-0.05, 0) is 50.2 Å². The predicted molar refractivity (Wildman–Crippen MR) is 184 cm³/mol. The van der Waals surface area contributed by atoms with Crippen molar-refractivity contribution < 1.29 is 19.2 Å². The minimum absolute atomic E-state index is 0.0664. The van der Waals surface area contributed by atoms with E-state index in [0.717, 1.165) is 16.8 Å². The van der Waals surface area contributed by atoms with Crippen molar-refractivity contribution in [1.29, 1.82) is 0 Å². The summed E-state index contributed by atoms with van der Waals surface area (Å²) >= 11 is 1.24. The SMILES string of the molecule is CCc1nc(-c2ncccn2)sc1C(=O)N1CCCC(=O)N(CCc2ccccc2)CC(=O)NC2CCc3c(c(nn3C)C(=O)NCC1)C2. The van der Waals surface area contributed by atoms with Crippen LogP contribution in [0.15, 0.2) is 48.8 Å². The molecule has 6 rings (SSSR count). The first-order valence-corrected chi connectivity index (χ1v) is 17.6. The Bertz CT molecular complexity index is 1810. The number of amides is 4. The summed E-state index contributed by atoms with van der Waals surface area (Å²) in [4.78, 5) is 71.6. The Morgan fingerprint density at radius 3 is 2.61 bits per heavy atom. The first-order valence-electron chi connectivity index (χ1n) is 16.8. The molecular formula is C35H41N9O4S. The van der Waals surface area contributed by atoms with E-state index in [1.807, 2.05) is 44.3 Å². The lowest BCUT2D eigenvalue weighted by Gasteiger charge is -2.27. The topological polar surface area (TPSA) is 155 Å². The molecule has 0 saturated heterocycles. The first kappa shape index (κ1) is 33.9. The molecule has 0 spiro atoms. The second-order valence-electron chi connectivity index (χ2n) is 12.3. The van der Waals surface area contributed by atoms with Crippen LogP contribution in [0.2, 0.25) is 0 Å². The third-order valence-electron chi connectivity index (χ3n) is 8.99. The van der Waals surface area contributed by atoms with Crippen molar-refractivity contribution in [3.63, 3.8) is 0 Å². The third-order valence-corrected chi connectivity index (χ3v) is 10.1. The molecule has 4 heterocycles. The van der Waals surface area contributed by atoms with Crippen molar-refractivity contribution in [2.24, 2.45) is 7.05 Å². The highest BCUT2D eigenvalue weighted by Gasteiger charge is 2.31. The van der Waals surface area contributed by atoms with Gasteiger partial charge < -0.3 is 20.4 Å². The first-order chi connectivity index (χ1) is 23.8. The number of hydrogen-bond acceptors (Lipinski definition) is 9. The minimum Gasteiger partial charge on any atom is -0.351 e. The number of aromatic nitrogens is 5. The second kappa shape index (κ2) is 15.5. The van der Waals surface area contributed by atoms with Crippen LogP contribution in [0.4, 0.5) is 0 Å². The molecule has 0 saturated carbocycles. The van der Waals surface area contributed by atoms with Gasteiger partial charge in [-0.2, -0.15) is 5.10 Å². The van der Waals surface area contributed by atoms with E-state index in [-0.39, 0.29) is 62.3 Å². The van der Waals surface area contributed by atoms with Crippen molar-refractivity contribution in [2.45, 2.75) is 57.9 Å². The van der Waals surface area contributed by atoms with E-state index in [4.69, 9.17) is 0 Å². The van der Waals surface area contributed by atoms with Gasteiger partial charge in [-0.25, -0.2) is 15.0 Å². The average molecular weight is 684 g/mol. The highest BCUT2D eigenvalue weighted by molar-refractivity contribution is 7.17. The number of fused-ring (bicyclic) bond motifs is 1. The zero-order valence-electron chi connectivity index (χ0n) is 27.9. The number of thiazole rings is 1. The number of carbonyl (C=O) groups excluding carboxylic acids is 4. The van der Waals surface area contributed by atoms with E-state index in [2.05, 4.69) is 30.7 Å². The van der Waals surface area contributed by atoms with Gasteiger partial charge >= 0.3 is 0 Å². The molecule has 1 aromatic carbocycles. The maximum Gasteiger partial charge on any atom is 0.272 e. The largest absolute Gasteiger partial charge is 0.351 e. The lowest BCUT2D eigenvalue weighted by molar-refractivity contribution is -0.136. The molecule has 4 aromatic rings. The van der Waals surface area contributed by atoms with Crippen molar-refractivity contribution >= 4 is 35.0 Å². The van der Waals surface area contributed by atoms with Gasteiger partial charge in [-0.15, -0.1) is 11.3 Å². The number of hydrogen-bond donors (Lipinski definition) is 2. The van der Waals surface area contributed by atoms with Crippen molar-refractivity contribution in [1.82, 2.24) is 45.2 Å². The lowest BCUT2D eigenvalue weighted by Crippen LogP contribution is -2.46. The molecule has 2 bridgehead atoms. The number of nitrogens with one attached hydrogen (secondary N) is 2. The van der Waals surface area contributed by atoms with Crippen LogP contribution in [-0.4, -0.2) is 96.9 Å². The van der Waals surface area contributed by atoms with Crippen LogP contribution in [0.1, 0.15) is 68.9 Å². The van der Waals surface area contributed by atoms with Gasteiger partial charge in [-0.1, -0.05) is 37.3 Å². The van der Waals surface area contributed by atoms with Crippen molar-refractivity contribution in [3.8, 4) is 10.8 Å². The molecule has 0 fully saturated rings. The van der Waals surface area contributed by atoms with Gasteiger partial charge in [0.15, 0.2) is 16.5 Å². The van der Waals surface area contributed by atoms with Crippen LogP contribution in [0.5, 0.6) is 0 Å². The smallest absolute Gasteiger partial charge is 0.272 e. The second-order valence-corrected chi connectivity index (χ2v) is 13.3. The Balaban J connectivity index is 1.26. The number of benzene rings is 1. The summed E-state index contributed by atoms with van der Waals surface area (Å²) in [5, 5.41) is 11.2. The van der Waals surface area contributed by atoms with Crippen LogP contribution in [0.25, 0.3) is 10.8 Å². The van der Waals surface area contributed by atoms with E-state index in [9.17, 15) is 19.2 Å². The summed E-state index contributed by atoms with van der Waals surface area (Å²) in [6, 6.07) is 11.4. The zero-order valence-corrected chi connectivity index (χ0v) is 28.7. The summed E-state index contributed by atoms with van der Waals surface area (Å²) in [7, 11) is 1.83. The van der Waals surface area contributed by atoms with Gasteiger partial charge in [0.25, 0.3) is 11.8 Å². The fourth-order valence-corrected chi connectivity index (χ4v) is 7.50. The highest BCUT2D eigenvalue weighted by atomic mass is 32.1. The van der Waals surface area contributed by atoms with Crippen molar-refractivity contribution in [3.05, 3.63) is 81.9 Å². The molecule has 256 valence electrons. The van der Waals surface area contributed by atoms with Crippen LogP contribution >= 0.6 is 11.3 Å². The van der Waals surface area contributed by atoms with Gasteiger partial charge in [0.05, 0.1) is 12.2 Å². The van der Waals surface area contributed by atoms with Crippen LogP contribution in [-0.2, 0) is 42.3 Å². The molecule has 1 unspecified atom stereocenters. The summed E-state index contributed by atoms with van der Waals surface area (Å²) in [6.45, 7) is 2.97. The Labute approximate surface area is 289 Å². The molecule has 13 nitrogen and oxygen atoms in total. The van der Waals surface area contributed by atoms with E-state index < -0.39 is 0 Å². The maximum atomic E-state index is 14.1. The Kier molecular flexibility index (Phi) is 10.7. The zero-order chi connectivity index (χ0) is 34.3. The molecule has 0 radical (unpaired) electrons. The van der Waals surface area contributed by atoms with Crippen LogP contribution < -0.4 is 10.6 Å². The summed E-state index contributed by atoms with van der Waals surface area (Å²) in [5.74, 6) is -0.482. The molecule has 14 heteroatoms. The maximum absolute atomic E-state index is 14.1. The fraction of sp³-hybridized carbons (Fsp3) is 0.429. The molecular weight excluding hydrogens is 643 g/mol. The summed E-state index contributed by atoms with van der Waals surface area (Å²) in [6.07, 6.45) is 6.81. The Hall–Kier alpha value is -4.98. The van der Waals surface area contributed by atoms with Gasteiger partial charge in [0.1, 0.15) is 4.88 Å². The van der Waals surface area contributed by atoms with Crippen molar-refractivity contribution in [2.75, 3.05) is 32.7 Å². The number of rotatable bonds is 6. The molecule has 3 aromatic heterocycles. The Morgan fingerprint density at radius 2 is 1.84 bits per heavy atom. The number of carbonyl (C=O) groups is 4. The van der Waals surface area contributed by atoms with E-state index in [0.29, 0.717) is 72.2 Å². The number of nitrogens with zero attached hydrogens (tertiary/aromatic N) is 7. The normalized spacial score (nSPS) is 17.8. The van der Waals surface area contributed by atoms with Crippen LogP contribution in [0, 0.1) is 0 Å². The molecule has 2 N–H and O–H groups in total. The lowest BCUT2D eigenvalue weighted by atomic mass is 9.91. The monoisotopic (exact) mass is 683 g/mol. The molecule has 1 aliphatic heterocycles. The van der Waals surface area contributed by atoms with Gasteiger partial charge in [0, 0.05) is 69.3 Å². The summed E-state index contributed by atoms with van der Waals surface area (Å²) in [5.41, 5.74) is 3.85. The average Bonchev–Trinajstić information content (AvgIpc) is 3.70. The van der Waals surface area contributed by atoms with Gasteiger partial charge in [0.2, 0.25) is 11.8 Å². The Morgan fingerprint density at radius 1 is 1.04 bits per heavy atom. The molecule has 2 aliphatic rings. The van der Waals surface area contributed by atoms with E-state index >= 15 is 0 Å². The molecule has 1 aliphatic carbocycles. The fourth-order valence-electron chi connectivity index (χ4n) is 6.43. The highest BCUT2D eigenvalue weighted by Crippen LogP contribution is 2.28. The summed E-state index contributed by atoms with van der Waals surface area (Å²) < 4.78 is 1.74. The van der Waals surface area contributed by atoms with E-state index in [1.165, 1.54) is 11.3 Å².